The van der Waals surface area contributed by atoms with Crippen LogP contribution in [-0.2, 0) is 13.2 Å². The van der Waals surface area contributed by atoms with Gasteiger partial charge in [-0.15, -0.1) is 26.6 Å². The average Bonchev–Trinajstić information content (AvgIpc) is 3.10. The number of aromatic nitrogens is 5. The van der Waals surface area contributed by atoms with Crippen LogP contribution in [0.4, 0.5) is 0 Å². The number of aliphatic hydroxyl groups excluding tert-OH is 1. The van der Waals surface area contributed by atoms with E-state index in [9.17, 15) is 0 Å². The molecule has 0 fully saturated rings. The summed E-state index contributed by atoms with van der Waals surface area (Å²) >= 11 is 4.90. The second-order valence-corrected chi connectivity index (χ2v) is 6.13. The predicted molar refractivity (Wildman–Crippen MR) is 70.4 cm³/mol. The normalized spacial score (nSPS) is 11.1. The summed E-state index contributed by atoms with van der Waals surface area (Å²) in [7, 11) is 0. The van der Waals surface area contributed by atoms with E-state index in [1.807, 2.05) is 12.1 Å². The molecule has 0 spiro atoms. The van der Waals surface area contributed by atoms with Gasteiger partial charge in [-0.1, -0.05) is 5.21 Å². The Labute approximate surface area is 120 Å². The molecule has 0 saturated carbocycles. The van der Waals surface area contributed by atoms with E-state index in [2.05, 4.69) is 36.4 Å². The maximum Gasteiger partial charge on any atom is 0.257 e. The Hall–Kier alpha value is -1.58. The van der Waals surface area contributed by atoms with Gasteiger partial charge in [-0.25, -0.2) is 4.68 Å². The second kappa shape index (κ2) is 5.19. The predicted octanol–water partition coefficient (Wildman–Crippen LogP) is 1.69. The Morgan fingerprint density at radius 3 is 2.89 bits per heavy atom. The van der Waals surface area contributed by atoms with Gasteiger partial charge in [0.25, 0.3) is 5.89 Å². The van der Waals surface area contributed by atoms with E-state index in [1.54, 1.807) is 6.20 Å². The highest BCUT2D eigenvalue weighted by atomic mass is 79.9. The van der Waals surface area contributed by atoms with Crippen LogP contribution in [0.3, 0.4) is 0 Å². The first-order valence-corrected chi connectivity index (χ1v) is 6.93. The molecule has 3 rings (SSSR count). The summed E-state index contributed by atoms with van der Waals surface area (Å²) in [5.41, 5.74) is 0.502. The fourth-order valence-corrected chi connectivity index (χ4v) is 2.78. The first-order chi connectivity index (χ1) is 9.24. The van der Waals surface area contributed by atoms with Crippen LogP contribution in [0.15, 0.2) is 26.5 Å². The molecule has 3 heterocycles. The topological polar surface area (TPSA) is 89.9 Å². The molecular weight excluding hydrogens is 334 g/mol. The zero-order valence-electron chi connectivity index (χ0n) is 9.52. The lowest BCUT2D eigenvalue weighted by Crippen LogP contribution is -2.00. The van der Waals surface area contributed by atoms with Crippen molar-refractivity contribution in [1.29, 1.82) is 0 Å². The number of halogens is 1. The van der Waals surface area contributed by atoms with Gasteiger partial charge < -0.3 is 9.52 Å². The lowest BCUT2D eigenvalue weighted by molar-refractivity contribution is 0.276. The van der Waals surface area contributed by atoms with Gasteiger partial charge in [0.05, 0.1) is 21.5 Å². The highest BCUT2D eigenvalue weighted by Crippen LogP contribution is 2.30. The summed E-state index contributed by atoms with van der Waals surface area (Å²) in [6.45, 7) is 0.185. The molecule has 3 aromatic rings. The monoisotopic (exact) mass is 341 g/mol. The van der Waals surface area contributed by atoms with Crippen molar-refractivity contribution in [1.82, 2.24) is 25.2 Å². The van der Waals surface area contributed by atoms with E-state index in [0.29, 0.717) is 24.0 Å². The molecule has 3 aromatic heterocycles. The molecule has 0 radical (unpaired) electrons. The van der Waals surface area contributed by atoms with Gasteiger partial charge in [0.15, 0.2) is 0 Å². The number of hydrogen-bond donors (Lipinski definition) is 1. The molecule has 0 atom stereocenters. The number of rotatable bonds is 4. The lowest BCUT2D eigenvalue weighted by atomic mass is 10.5. The molecule has 0 aliphatic rings. The van der Waals surface area contributed by atoms with Gasteiger partial charge in [-0.2, -0.15) is 0 Å². The fourth-order valence-electron chi connectivity index (χ4n) is 1.47. The average molecular weight is 342 g/mol. The molecule has 1 N–H and O–H groups in total. The largest absolute Gasteiger partial charge is 0.418 e. The van der Waals surface area contributed by atoms with Gasteiger partial charge in [0.2, 0.25) is 5.89 Å². The number of hydrogen-bond acceptors (Lipinski definition) is 7. The Morgan fingerprint density at radius 2 is 2.21 bits per heavy atom. The number of nitrogens with zero attached hydrogens (tertiary/aromatic N) is 5. The van der Waals surface area contributed by atoms with Crippen molar-refractivity contribution in [3.63, 3.8) is 0 Å². The van der Waals surface area contributed by atoms with Crippen LogP contribution in [0.25, 0.3) is 10.8 Å². The highest BCUT2D eigenvalue weighted by molar-refractivity contribution is 9.11. The SMILES string of the molecule is OCc1cn(Cc2nnc(-c3ccc(Br)s3)o2)nn1. The van der Waals surface area contributed by atoms with Crippen LogP contribution in [0, 0.1) is 0 Å². The molecule has 0 saturated heterocycles. The summed E-state index contributed by atoms with van der Waals surface area (Å²) < 4.78 is 8.09. The standard InChI is InChI=1S/C10H8BrN5O2S/c11-8-2-1-7(19-8)10-14-13-9(18-10)4-16-3-6(5-17)12-15-16/h1-3,17H,4-5H2. The zero-order chi connectivity index (χ0) is 13.2. The van der Waals surface area contributed by atoms with Crippen LogP contribution in [0.2, 0.25) is 0 Å². The number of aliphatic hydroxyl groups is 1. The van der Waals surface area contributed by atoms with Gasteiger partial charge in [0, 0.05) is 0 Å². The van der Waals surface area contributed by atoms with Crippen molar-refractivity contribution in [2.24, 2.45) is 0 Å². The third-order valence-corrected chi connectivity index (χ3v) is 3.91. The molecule has 0 bridgehead atoms. The van der Waals surface area contributed by atoms with E-state index >= 15 is 0 Å². The summed E-state index contributed by atoms with van der Waals surface area (Å²) in [4.78, 5) is 0.903. The van der Waals surface area contributed by atoms with Crippen molar-refractivity contribution in [3.05, 3.63) is 33.7 Å². The van der Waals surface area contributed by atoms with E-state index in [0.717, 1.165) is 8.66 Å². The molecular formula is C10H8BrN5O2S. The Bertz CT molecular complexity index is 691. The molecule has 0 aromatic carbocycles. The van der Waals surface area contributed by atoms with E-state index in [1.165, 1.54) is 16.0 Å². The van der Waals surface area contributed by atoms with Crippen molar-refractivity contribution in [3.8, 4) is 10.8 Å². The Morgan fingerprint density at radius 1 is 1.32 bits per heavy atom. The van der Waals surface area contributed by atoms with Crippen LogP contribution >= 0.6 is 27.3 Å². The van der Waals surface area contributed by atoms with Gasteiger partial charge in [-0.05, 0) is 28.1 Å². The summed E-state index contributed by atoms with van der Waals surface area (Å²) in [6, 6.07) is 3.83. The van der Waals surface area contributed by atoms with Gasteiger partial charge >= 0.3 is 0 Å². The third kappa shape index (κ3) is 2.72. The minimum Gasteiger partial charge on any atom is -0.418 e. The second-order valence-electron chi connectivity index (χ2n) is 3.67. The molecule has 98 valence electrons. The van der Waals surface area contributed by atoms with E-state index in [4.69, 9.17) is 9.52 Å². The maximum atomic E-state index is 8.90. The minimum absolute atomic E-state index is 0.141. The van der Waals surface area contributed by atoms with Gasteiger partial charge in [-0.3, -0.25) is 0 Å². The van der Waals surface area contributed by atoms with Crippen LogP contribution < -0.4 is 0 Å². The fraction of sp³-hybridized carbons (Fsp3) is 0.200. The zero-order valence-corrected chi connectivity index (χ0v) is 11.9. The molecule has 0 unspecified atom stereocenters. The summed E-state index contributed by atoms with van der Waals surface area (Å²) in [5, 5.41) is 24.5. The molecule has 0 aliphatic carbocycles. The summed E-state index contributed by atoms with van der Waals surface area (Å²) in [6.07, 6.45) is 1.63. The van der Waals surface area contributed by atoms with Crippen molar-refractivity contribution in [2.75, 3.05) is 0 Å². The van der Waals surface area contributed by atoms with Gasteiger partial charge in [0.1, 0.15) is 12.2 Å². The summed E-state index contributed by atoms with van der Waals surface area (Å²) in [5.74, 6) is 0.919. The Balaban J connectivity index is 1.78. The minimum atomic E-state index is -0.141. The highest BCUT2D eigenvalue weighted by Gasteiger charge is 2.11. The molecule has 0 amide bonds. The molecule has 9 heteroatoms. The maximum absolute atomic E-state index is 8.90. The Kier molecular flexibility index (Phi) is 3.40. The first-order valence-electron chi connectivity index (χ1n) is 5.32. The van der Waals surface area contributed by atoms with Crippen molar-refractivity contribution >= 4 is 27.3 Å². The molecule has 19 heavy (non-hydrogen) atoms. The molecule has 0 aliphatic heterocycles. The van der Waals surface area contributed by atoms with Crippen LogP contribution in [-0.4, -0.2) is 30.3 Å². The van der Waals surface area contributed by atoms with Crippen LogP contribution in [0.5, 0.6) is 0 Å². The first kappa shape index (κ1) is 12.5. The van der Waals surface area contributed by atoms with Crippen molar-refractivity contribution < 1.29 is 9.52 Å². The molecule has 7 nitrogen and oxygen atoms in total. The van der Waals surface area contributed by atoms with Crippen molar-refractivity contribution in [2.45, 2.75) is 13.2 Å². The lowest BCUT2D eigenvalue weighted by Gasteiger charge is -1.92. The number of thiophene rings is 1. The van der Waals surface area contributed by atoms with E-state index < -0.39 is 0 Å². The smallest absolute Gasteiger partial charge is 0.257 e. The van der Waals surface area contributed by atoms with Crippen LogP contribution in [0.1, 0.15) is 11.6 Å². The van der Waals surface area contributed by atoms with E-state index in [-0.39, 0.29) is 6.61 Å². The quantitative estimate of drug-likeness (QED) is 0.776. The third-order valence-electron chi connectivity index (χ3n) is 2.30.